The van der Waals surface area contributed by atoms with Gasteiger partial charge in [-0.05, 0) is 18.6 Å². The SMILES string of the molecule is CCc1c(-c2cc(N)n[nH]2)ccc2c1OCCO2. The summed E-state index contributed by atoms with van der Waals surface area (Å²) in [5, 5.41) is 6.89. The van der Waals surface area contributed by atoms with Crippen molar-refractivity contribution in [2.75, 3.05) is 18.9 Å². The highest BCUT2D eigenvalue weighted by atomic mass is 16.6. The van der Waals surface area contributed by atoms with Crippen LogP contribution < -0.4 is 15.2 Å². The molecule has 0 saturated heterocycles. The Bertz CT molecular complexity index is 578. The predicted octanol–water partition coefficient (Wildman–Crippen LogP) is 1.99. The molecule has 0 radical (unpaired) electrons. The molecule has 5 nitrogen and oxygen atoms in total. The van der Waals surface area contributed by atoms with E-state index in [2.05, 4.69) is 17.1 Å². The lowest BCUT2D eigenvalue weighted by Crippen LogP contribution is -2.16. The topological polar surface area (TPSA) is 73.2 Å². The van der Waals surface area contributed by atoms with E-state index in [4.69, 9.17) is 15.2 Å². The van der Waals surface area contributed by atoms with Crippen LogP contribution in [0.5, 0.6) is 11.5 Å². The van der Waals surface area contributed by atoms with E-state index >= 15 is 0 Å². The van der Waals surface area contributed by atoms with Crippen LogP contribution in [-0.2, 0) is 6.42 Å². The highest BCUT2D eigenvalue weighted by Crippen LogP contribution is 2.39. The second-order valence-corrected chi connectivity index (χ2v) is 4.18. The number of benzene rings is 1. The molecule has 1 aliphatic heterocycles. The molecule has 0 spiro atoms. The number of nitrogens with one attached hydrogen (secondary N) is 1. The Morgan fingerprint density at radius 3 is 2.89 bits per heavy atom. The first-order valence-electron chi connectivity index (χ1n) is 6.02. The summed E-state index contributed by atoms with van der Waals surface area (Å²) in [6.07, 6.45) is 0.862. The molecule has 5 heteroatoms. The summed E-state index contributed by atoms with van der Waals surface area (Å²) < 4.78 is 11.3. The molecule has 0 aliphatic carbocycles. The van der Waals surface area contributed by atoms with E-state index in [0.29, 0.717) is 19.0 Å². The summed E-state index contributed by atoms with van der Waals surface area (Å²) in [6.45, 7) is 3.29. The highest BCUT2D eigenvalue weighted by molar-refractivity contribution is 5.71. The summed E-state index contributed by atoms with van der Waals surface area (Å²) in [5.74, 6) is 2.14. The van der Waals surface area contributed by atoms with Crippen molar-refractivity contribution in [1.82, 2.24) is 10.2 Å². The number of nitrogen functional groups attached to an aromatic ring is 1. The van der Waals surface area contributed by atoms with E-state index in [1.807, 2.05) is 18.2 Å². The molecular weight excluding hydrogens is 230 g/mol. The van der Waals surface area contributed by atoms with Gasteiger partial charge < -0.3 is 15.2 Å². The van der Waals surface area contributed by atoms with Gasteiger partial charge in [0.2, 0.25) is 0 Å². The molecule has 0 amide bonds. The van der Waals surface area contributed by atoms with Crippen molar-refractivity contribution in [1.29, 1.82) is 0 Å². The van der Waals surface area contributed by atoms with Gasteiger partial charge in [-0.1, -0.05) is 6.92 Å². The Morgan fingerprint density at radius 1 is 1.33 bits per heavy atom. The summed E-state index contributed by atoms with van der Waals surface area (Å²) in [5.41, 5.74) is 8.73. The van der Waals surface area contributed by atoms with Crippen molar-refractivity contribution >= 4 is 5.82 Å². The normalized spacial score (nSPS) is 13.6. The number of nitrogens with zero attached hydrogens (tertiary/aromatic N) is 1. The molecule has 1 aromatic carbocycles. The molecule has 1 aliphatic rings. The van der Waals surface area contributed by atoms with E-state index in [9.17, 15) is 0 Å². The van der Waals surface area contributed by atoms with Crippen molar-refractivity contribution in [2.24, 2.45) is 0 Å². The van der Waals surface area contributed by atoms with Gasteiger partial charge in [0.15, 0.2) is 11.5 Å². The number of hydrogen-bond donors (Lipinski definition) is 2. The van der Waals surface area contributed by atoms with Crippen LogP contribution in [0, 0.1) is 0 Å². The first-order valence-corrected chi connectivity index (χ1v) is 6.02. The van der Waals surface area contributed by atoms with Crippen LogP contribution >= 0.6 is 0 Å². The lowest BCUT2D eigenvalue weighted by molar-refractivity contribution is 0.170. The Morgan fingerprint density at radius 2 is 2.17 bits per heavy atom. The van der Waals surface area contributed by atoms with Crippen molar-refractivity contribution in [2.45, 2.75) is 13.3 Å². The van der Waals surface area contributed by atoms with Gasteiger partial charge >= 0.3 is 0 Å². The number of rotatable bonds is 2. The zero-order valence-corrected chi connectivity index (χ0v) is 10.2. The molecule has 0 unspecified atom stereocenters. The number of hydrogen-bond acceptors (Lipinski definition) is 4. The van der Waals surface area contributed by atoms with E-state index in [1.165, 1.54) is 0 Å². The average molecular weight is 245 g/mol. The number of fused-ring (bicyclic) bond motifs is 1. The summed E-state index contributed by atoms with van der Waals surface area (Å²) in [7, 11) is 0. The van der Waals surface area contributed by atoms with Gasteiger partial charge in [0.05, 0.1) is 5.69 Å². The maximum Gasteiger partial charge on any atom is 0.165 e. The van der Waals surface area contributed by atoms with Gasteiger partial charge in [0, 0.05) is 17.2 Å². The second kappa shape index (κ2) is 4.25. The molecule has 0 fully saturated rings. The van der Waals surface area contributed by atoms with E-state index in [1.54, 1.807) is 0 Å². The van der Waals surface area contributed by atoms with E-state index in [0.717, 1.165) is 34.7 Å². The Kier molecular flexibility index (Phi) is 2.59. The minimum Gasteiger partial charge on any atom is -0.486 e. The van der Waals surface area contributed by atoms with Crippen LogP contribution in [0.2, 0.25) is 0 Å². The third kappa shape index (κ3) is 1.68. The Balaban J connectivity index is 2.15. The van der Waals surface area contributed by atoms with Crippen LogP contribution in [0.25, 0.3) is 11.3 Å². The number of nitrogens with two attached hydrogens (primary N) is 1. The average Bonchev–Trinajstić information content (AvgIpc) is 2.84. The third-order valence-electron chi connectivity index (χ3n) is 3.05. The number of H-pyrrole nitrogens is 1. The fourth-order valence-electron chi connectivity index (χ4n) is 2.25. The molecule has 18 heavy (non-hydrogen) atoms. The Labute approximate surface area is 105 Å². The fraction of sp³-hybridized carbons (Fsp3) is 0.308. The summed E-state index contributed by atoms with van der Waals surface area (Å²) in [6, 6.07) is 5.77. The van der Waals surface area contributed by atoms with Gasteiger partial charge in [0.1, 0.15) is 19.0 Å². The van der Waals surface area contributed by atoms with Gasteiger partial charge in [0.25, 0.3) is 0 Å². The Hall–Kier alpha value is -2.17. The third-order valence-corrected chi connectivity index (χ3v) is 3.05. The van der Waals surface area contributed by atoms with Crippen LogP contribution in [0.1, 0.15) is 12.5 Å². The van der Waals surface area contributed by atoms with Gasteiger partial charge in [-0.25, -0.2) is 0 Å². The molecule has 3 rings (SSSR count). The number of anilines is 1. The molecular formula is C13H15N3O2. The molecule has 0 atom stereocenters. The minimum absolute atomic E-state index is 0.488. The first-order chi connectivity index (χ1) is 8.79. The highest BCUT2D eigenvalue weighted by Gasteiger charge is 2.19. The van der Waals surface area contributed by atoms with Crippen LogP contribution in [0.4, 0.5) is 5.82 Å². The lowest BCUT2D eigenvalue weighted by Gasteiger charge is -2.22. The monoisotopic (exact) mass is 245 g/mol. The van der Waals surface area contributed by atoms with Crippen molar-refractivity contribution < 1.29 is 9.47 Å². The minimum atomic E-state index is 0.488. The van der Waals surface area contributed by atoms with Crippen molar-refractivity contribution in [3.63, 3.8) is 0 Å². The summed E-state index contributed by atoms with van der Waals surface area (Å²) >= 11 is 0. The maximum absolute atomic E-state index is 5.72. The van der Waals surface area contributed by atoms with Crippen molar-refractivity contribution in [3.8, 4) is 22.8 Å². The van der Waals surface area contributed by atoms with Crippen LogP contribution in [0.15, 0.2) is 18.2 Å². The molecule has 2 heterocycles. The molecule has 1 aromatic heterocycles. The first kappa shape index (κ1) is 11.0. The number of ether oxygens (including phenoxy) is 2. The van der Waals surface area contributed by atoms with Gasteiger partial charge in [-0.2, -0.15) is 5.10 Å². The predicted molar refractivity (Wildman–Crippen MR) is 68.8 cm³/mol. The van der Waals surface area contributed by atoms with Crippen LogP contribution in [-0.4, -0.2) is 23.4 Å². The van der Waals surface area contributed by atoms with Crippen LogP contribution in [0.3, 0.4) is 0 Å². The largest absolute Gasteiger partial charge is 0.486 e. The second-order valence-electron chi connectivity index (χ2n) is 4.18. The van der Waals surface area contributed by atoms with E-state index < -0.39 is 0 Å². The quantitative estimate of drug-likeness (QED) is 0.848. The molecule has 0 bridgehead atoms. The fourth-order valence-corrected chi connectivity index (χ4v) is 2.25. The molecule has 2 aromatic rings. The molecule has 0 saturated carbocycles. The smallest absolute Gasteiger partial charge is 0.165 e. The molecule has 3 N–H and O–H groups in total. The number of aromatic amines is 1. The lowest BCUT2D eigenvalue weighted by atomic mass is 10.0. The van der Waals surface area contributed by atoms with Gasteiger partial charge in [-0.3, -0.25) is 5.10 Å². The summed E-state index contributed by atoms with van der Waals surface area (Å²) in [4.78, 5) is 0. The standard InChI is InChI=1S/C13H15N3O2/c1-2-8-9(10-7-12(14)16-15-10)3-4-11-13(8)18-6-5-17-11/h3-4,7H,2,5-6H2,1H3,(H3,14,15,16). The van der Waals surface area contributed by atoms with Gasteiger partial charge in [-0.15, -0.1) is 0 Å². The maximum atomic E-state index is 5.72. The van der Waals surface area contributed by atoms with E-state index in [-0.39, 0.29) is 0 Å². The zero-order valence-electron chi connectivity index (χ0n) is 10.2. The number of aromatic nitrogens is 2. The van der Waals surface area contributed by atoms with Crippen molar-refractivity contribution in [3.05, 3.63) is 23.8 Å². The molecule has 94 valence electrons. The zero-order chi connectivity index (χ0) is 12.5.